The van der Waals surface area contributed by atoms with Gasteiger partial charge in [-0.2, -0.15) is 0 Å². The Hall–Kier alpha value is -1.20. The molecule has 0 aromatic carbocycles. The van der Waals surface area contributed by atoms with Gasteiger partial charge in [-0.25, -0.2) is 9.97 Å². The summed E-state index contributed by atoms with van der Waals surface area (Å²) >= 11 is 5.77. The van der Waals surface area contributed by atoms with Crippen molar-refractivity contribution in [3.8, 4) is 0 Å². The quantitative estimate of drug-likeness (QED) is 0.602. The maximum atomic E-state index is 10.8. The predicted molar refractivity (Wildman–Crippen MR) is 64.1 cm³/mol. The van der Waals surface area contributed by atoms with Crippen LogP contribution in [0.3, 0.4) is 0 Å². The maximum Gasteiger partial charge on any atom is 0.156 e. The summed E-state index contributed by atoms with van der Waals surface area (Å²) in [6.07, 6.45) is 2.00. The van der Waals surface area contributed by atoms with Crippen LogP contribution in [0, 0.1) is 0 Å². The van der Waals surface area contributed by atoms with E-state index in [1.165, 1.54) is 6.33 Å². The molecule has 0 fully saturated rings. The van der Waals surface area contributed by atoms with Crippen molar-refractivity contribution in [2.75, 3.05) is 32.0 Å². The molecule has 0 amide bonds. The molecule has 1 aromatic heterocycles. The van der Waals surface area contributed by atoms with Crippen LogP contribution in [0.25, 0.3) is 0 Å². The average molecular weight is 243 g/mol. The van der Waals surface area contributed by atoms with E-state index in [4.69, 9.17) is 11.6 Å². The van der Waals surface area contributed by atoms with Gasteiger partial charge in [0.2, 0.25) is 0 Å². The van der Waals surface area contributed by atoms with Crippen LogP contribution in [0.15, 0.2) is 6.33 Å². The molecule has 1 N–H and O–H groups in total. The van der Waals surface area contributed by atoms with Crippen LogP contribution in [0.1, 0.15) is 17.3 Å². The standard InChI is InChI=1S/C10H15ClN4O/c1-3-15(2)5-4-12-10-8(6-16)9(11)13-7-14-10/h6-7H,3-5H2,1-2H3,(H,12,13,14). The molecule has 0 spiro atoms. The van der Waals surface area contributed by atoms with Gasteiger partial charge in [0.25, 0.3) is 0 Å². The van der Waals surface area contributed by atoms with Gasteiger partial charge < -0.3 is 10.2 Å². The van der Waals surface area contributed by atoms with E-state index in [1.54, 1.807) is 0 Å². The van der Waals surface area contributed by atoms with Crippen molar-refractivity contribution in [3.63, 3.8) is 0 Å². The van der Waals surface area contributed by atoms with Crippen LogP contribution >= 0.6 is 11.6 Å². The number of aldehydes is 1. The van der Waals surface area contributed by atoms with Gasteiger partial charge >= 0.3 is 0 Å². The second-order valence-corrected chi connectivity index (χ2v) is 3.73. The molecule has 0 atom stereocenters. The number of carbonyl (C=O) groups excluding carboxylic acids is 1. The molecular formula is C10H15ClN4O. The SMILES string of the molecule is CCN(C)CCNc1ncnc(Cl)c1C=O. The number of hydrogen-bond donors (Lipinski definition) is 1. The zero-order chi connectivity index (χ0) is 12.0. The second-order valence-electron chi connectivity index (χ2n) is 3.37. The fraction of sp³-hybridized carbons (Fsp3) is 0.500. The van der Waals surface area contributed by atoms with Crippen molar-refractivity contribution >= 4 is 23.7 Å². The second kappa shape index (κ2) is 6.40. The first kappa shape index (κ1) is 12.9. The molecule has 1 heterocycles. The van der Waals surface area contributed by atoms with Crippen molar-refractivity contribution in [2.24, 2.45) is 0 Å². The molecule has 0 saturated heterocycles. The van der Waals surface area contributed by atoms with E-state index >= 15 is 0 Å². The fourth-order valence-electron chi connectivity index (χ4n) is 1.14. The van der Waals surface area contributed by atoms with Crippen molar-refractivity contribution in [2.45, 2.75) is 6.92 Å². The minimum atomic E-state index is 0.177. The van der Waals surface area contributed by atoms with E-state index in [2.05, 4.69) is 27.1 Å². The number of nitrogens with one attached hydrogen (secondary N) is 1. The summed E-state index contributed by atoms with van der Waals surface area (Å²) in [7, 11) is 2.02. The monoisotopic (exact) mass is 242 g/mol. The first-order valence-electron chi connectivity index (χ1n) is 5.07. The molecule has 0 aliphatic carbocycles. The van der Waals surface area contributed by atoms with Gasteiger partial charge in [0.15, 0.2) is 6.29 Å². The molecule has 0 saturated carbocycles. The number of likely N-dealkylation sites (N-methyl/N-ethyl adjacent to an activating group) is 1. The Labute approximate surface area is 99.8 Å². The number of aromatic nitrogens is 2. The third-order valence-electron chi connectivity index (χ3n) is 2.28. The lowest BCUT2D eigenvalue weighted by atomic mass is 10.3. The summed E-state index contributed by atoms with van der Waals surface area (Å²) in [4.78, 5) is 20.7. The smallest absolute Gasteiger partial charge is 0.156 e. The number of carbonyl (C=O) groups is 1. The van der Waals surface area contributed by atoms with Crippen molar-refractivity contribution < 1.29 is 4.79 Å². The number of rotatable bonds is 6. The van der Waals surface area contributed by atoms with E-state index in [-0.39, 0.29) is 5.15 Å². The number of nitrogens with zero attached hydrogens (tertiary/aromatic N) is 3. The van der Waals surface area contributed by atoms with E-state index < -0.39 is 0 Å². The van der Waals surface area contributed by atoms with Gasteiger partial charge in [0.05, 0.1) is 5.56 Å². The molecule has 1 rings (SSSR count). The molecule has 0 radical (unpaired) electrons. The summed E-state index contributed by atoms with van der Waals surface area (Å²) in [5.74, 6) is 0.486. The van der Waals surface area contributed by atoms with Crippen LogP contribution in [0.2, 0.25) is 5.15 Å². The van der Waals surface area contributed by atoms with Crippen molar-refractivity contribution in [1.29, 1.82) is 0 Å². The zero-order valence-electron chi connectivity index (χ0n) is 9.40. The highest BCUT2D eigenvalue weighted by Crippen LogP contribution is 2.16. The van der Waals surface area contributed by atoms with Gasteiger partial charge in [0.1, 0.15) is 17.3 Å². The highest BCUT2D eigenvalue weighted by Gasteiger charge is 2.08. The van der Waals surface area contributed by atoms with Gasteiger partial charge in [-0.3, -0.25) is 4.79 Å². The molecule has 6 heteroatoms. The lowest BCUT2D eigenvalue weighted by Crippen LogP contribution is -2.25. The predicted octanol–water partition coefficient (Wildman–Crippen LogP) is 1.31. The van der Waals surface area contributed by atoms with Crippen LogP contribution in [-0.2, 0) is 0 Å². The van der Waals surface area contributed by atoms with Crippen molar-refractivity contribution in [3.05, 3.63) is 17.0 Å². The summed E-state index contributed by atoms with van der Waals surface area (Å²) in [5.41, 5.74) is 0.309. The molecule has 0 aliphatic heterocycles. The Morgan fingerprint density at radius 3 is 2.94 bits per heavy atom. The molecule has 5 nitrogen and oxygen atoms in total. The highest BCUT2D eigenvalue weighted by molar-refractivity contribution is 6.32. The third-order valence-corrected chi connectivity index (χ3v) is 2.58. The summed E-state index contributed by atoms with van der Waals surface area (Å²) < 4.78 is 0. The van der Waals surface area contributed by atoms with E-state index in [0.717, 1.165) is 13.1 Å². The number of anilines is 1. The normalized spacial score (nSPS) is 10.5. The zero-order valence-corrected chi connectivity index (χ0v) is 10.2. The van der Waals surface area contributed by atoms with Gasteiger partial charge in [-0.1, -0.05) is 18.5 Å². The largest absolute Gasteiger partial charge is 0.368 e. The molecular weight excluding hydrogens is 228 g/mol. The average Bonchev–Trinajstić information content (AvgIpc) is 2.29. The fourth-order valence-corrected chi connectivity index (χ4v) is 1.32. The summed E-state index contributed by atoms with van der Waals surface area (Å²) in [6.45, 7) is 4.64. The molecule has 0 bridgehead atoms. The minimum Gasteiger partial charge on any atom is -0.368 e. The van der Waals surface area contributed by atoms with E-state index in [9.17, 15) is 4.79 Å². The lowest BCUT2D eigenvalue weighted by molar-refractivity contribution is 0.112. The highest BCUT2D eigenvalue weighted by atomic mass is 35.5. The van der Waals surface area contributed by atoms with Gasteiger partial charge in [-0.05, 0) is 13.6 Å². The van der Waals surface area contributed by atoms with Gasteiger partial charge in [0, 0.05) is 13.1 Å². The Morgan fingerprint density at radius 2 is 2.31 bits per heavy atom. The number of halogens is 1. The summed E-state index contributed by atoms with van der Waals surface area (Å²) in [6, 6.07) is 0. The Kier molecular flexibility index (Phi) is 5.14. The van der Waals surface area contributed by atoms with Crippen LogP contribution in [0.4, 0.5) is 5.82 Å². The topological polar surface area (TPSA) is 58.1 Å². The molecule has 88 valence electrons. The molecule has 1 aromatic rings. The first-order valence-corrected chi connectivity index (χ1v) is 5.45. The Morgan fingerprint density at radius 1 is 1.56 bits per heavy atom. The van der Waals surface area contributed by atoms with Crippen LogP contribution in [-0.4, -0.2) is 47.8 Å². The molecule has 0 unspecified atom stereocenters. The van der Waals surface area contributed by atoms with E-state index in [0.29, 0.717) is 24.2 Å². The summed E-state index contributed by atoms with van der Waals surface area (Å²) in [5, 5.41) is 3.24. The Balaban J connectivity index is 2.60. The Bertz CT molecular complexity index is 359. The first-order chi connectivity index (χ1) is 7.69. The number of hydrogen-bond acceptors (Lipinski definition) is 5. The molecule has 16 heavy (non-hydrogen) atoms. The van der Waals surface area contributed by atoms with Crippen LogP contribution < -0.4 is 5.32 Å². The molecule has 0 aliphatic rings. The van der Waals surface area contributed by atoms with Crippen LogP contribution in [0.5, 0.6) is 0 Å². The minimum absolute atomic E-state index is 0.177. The van der Waals surface area contributed by atoms with Gasteiger partial charge in [-0.15, -0.1) is 0 Å². The lowest BCUT2D eigenvalue weighted by Gasteiger charge is -2.14. The van der Waals surface area contributed by atoms with Crippen molar-refractivity contribution in [1.82, 2.24) is 14.9 Å². The maximum absolute atomic E-state index is 10.8. The van der Waals surface area contributed by atoms with E-state index in [1.807, 2.05) is 7.05 Å². The third kappa shape index (κ3) is 3.43.